The number of hydrogen-bond acceptors (Lipinski definition) is 4. The molecule has 6 heteroatoms. The second-order valence-electron chi connectivity index (χ2n) is 4.17. The van der Waals surface area contributed by atoms with E-state index in [-0.39, 0.29) is 5.91 Å². The molecule has 0 fully saturated rings. The molecule has 20 heavy (non-hydrogen) atoms. The van der Waals surface area contributed by atoms with Crippen molar-refractivity contribution in [1.82, 2.24) is 4.98 Å². The number of halogens is 1. The van der Waals surface area contributed by atoms with Gasteiger partial charge in [-0.25, -0.2) is 0 Å². The van der Waals surface area contributed by atoms with Gasteiger partial charge in [0.05, 0.1) is 22.9 Å². The molecule has 100 valence electrons. The molecule has 0 aliphatic heterocycles. The van der Waals surface area contributed by atoms with E-state index >= 15 is 0 Å². The predicted octanol–water partition coefficient (Wildman–Crippen LogP) is 2.86. The molecule has 0 bridgehead atoms. The highest BCUT2D eigenvalue weighted by Crippen LogP contribution is 2.24. The largest absolute Gasteiger partial charge is 0.398 e. The third kappa shape index (κ3) is 2.95. The predicted molar refractivity (Wildman–Crippen MR) is 80.2 cm³/mol. The highest BCUT2D eigenvalue weighted by molar-refractivity contribution is 9.10. The van der Waals surface area contributed by atoms with Crippen LogP contribution in [0.2, 0.25) is 0 Å². The summed E-state index contributed by atoms with van der Waals surface area (Å²) in [5.41, 5.74) is 8.31. The molecule has 3 N–H and O–H groups in total. The second kappa shape index (κ2) is 5.72. The number of hydrogen-bond donors (Lipinski definition) is 2. The Morgan fingerprint density at radius 2 is 2.20 bits per heavy atom. The minimum absolute atomic E-state index is 0.312. The first-order chi connectivity index (χ1) is 9.51. The molecule has 0 aliphatic carbocycles. The Bertz CT molecular complexity index is 722. The van der Waals surface area contributed by atoms with Crippen molar-refractivity contribution in [3.8, 4) is 6.07 Å². The standard InChI is InChI=1S/C14H11BrN4O/c1-8-4-12(17)10(7-18-8)14(20)19-13-3-2-9(6-16)5-11(13)15/h2-5,7H,1H3,(H2,17,18)(H,19,20). The number of rotatable bonds is 2. The highest BCUT2D eigenvalue weighted by Gasteiger charge is 2.12. The first kappa shape index (κ1) is 14.0. The summed E-state index contributed by atoms with van der Waals surface area (Å²) < 4.78 is 0.628. The molecular formula is C14H11BrN4O. The van der Waals surface area contributed by atoms with Crippen molar-refractivity contribution in [2.45, 2.75) is 6.92 Å². The van der Waals surface area contributed by atoms with Gasteiger partial charge < -0.3 is 11.1 Å². The van der Waals surface area contributed by atoms with Gasteiger partial charge in [0.25, 0.3) is 5.91 Å². The summed E-state index contributed by atoms with van der Waals surface area (Å²) in [5, 5.41) is 11.5. The van der Waals surface area contributed by atoms with Crippen LogP contribution in [0.15, 0.2) is 34.9 Å². The van der Waals surface area contributed by atoms with Gasteiger partial charge in [-0.15, -0.1) is 0 Å². The lowest BCUT2D eigenvalue weighted by atomic mass is 10.2. The second-order valence-corrected chi connectivity index (χ2v) is 5.03. The summed E-state index contributed by atoms with van der Waals surface area (Å²) in [6, 6.07) is 8.57. The Morgan fingerprint density at radius 1 is 1.45 bits per heavy atom. The van der Waals surface area contributed by atoms with Crippen molar-refractivity contribution in [3.63, 3.8) is 0 Å². The number of aryl methyl sites for hydroxylation is 1. The van der Waals surface area contributed by atoms with Crippen molar-refractivity contribution < 1.29 is 4.79 Å². The first-order valence-electron chi connectivity index (χ1n) is 5.74. The van der Waals surface area contributed by atoms with Crippen LogP contribution in [-0.2, 0) is 0 Å². The maximum absolute atomic E-state index is 12.1. The number of carbonyl (C=O) groups is 1. The summed E-state index contributed by atoms with van der Waals surface area (Å²) in [4.78, 5) is 16.2. The maximum atomic E-state index is 12.1. The van der Waals surface area contributed by atoms with E-state index in [1.807, 2.05) is 6.07 Å². The Morgan fingerprint density at radius 3 is 2.80 bits per heavy atom. The van der Waals surface area contributed by atoms with Crippen LogP contribution in [0, 0.1) is 18.3 Å². The fourth-order valence-corrected chi connectivity index (χ4v) is 2.12. The van der Waals surface area contributed by atoms with Gasteiger partial charge in [-0.2, -0.15) is 5.26 Å². The van der Waals surface area contributed by atoms with Crippen LogP contribution in [0.4, 0.5) is 11.4 Å². The number of benzene rings is 1. The van der Waals surface area contributed by atoms with Crippen LogP contribution in [0.25, 0.3) is 0 Å². The van der Waals surface area contributed by atoms with Crippen molar-refractivity contribution in [2.75, 3.05) is 11.1 Å². The van der Waals surface area contributed by atoms with Gasteiger partial charge >= 0.3 is 0 Å². The molecule has 1 aromatic heterocycles. The van der Waals surface area contributed by atoms with E-state index in [1.165, 1.54) is 6.20 Å². The van der Waals surface area contributed by atoms with E-state index < -0.39 is 0 Å². The molecule has 0 saturated carbocycles. The van der Waals surface area contributed by atoms with Gasteiger partial charge in [0.1, 0.15) is 0 Å². The molecule has 0 atom stereocenters. The number of pyridine rings is 1. The first-order valence-corrected chi connectivity index (χ1v) is 6.53. The number of nitriles is 1. The van der Waals surface area contributed by atoms with E-state index in [0.717, 1.165) is 5.69 Å². The van der Waals surface area contributed by atoms with Crippen molar-refractivity contribution in [2.24, 2.45) is 0 Å². The monoisotopic (exact) mass is 330 g/mol. The number of nitrogens with two attached hydrogens (primary N) is 1. The Balaban J connectivity index is 2.26. The van der Waals surface area contributed by atoms with E-state index in [0.29, 0.717) is 27.0 Å². The van der Waals surface area contributed by atoms with Gasteiger partial charge in [0.15, 0.2) is 0 Å². The molecule has 0 aliphatic rings. The van der Waals surface area contributed by atoms with Crippen LogP contribution < -0.4 is 11.1 Å². The maximum Gasteiger partial charge on any atom is 0.259 e. The van der Waals surface area contributed by atoms with Crippen molar-refractivity contribution in [1.29, 1.82) is 5.26 Å². The smallest absolute Gasteiger partial charge is 0.259 e. The van der Waals surface area contributed by atoms with Gasteiger partial charge in [-0.1, -0.05) is 0 Å². The lowest BCUT2D eigenvalue weighted by Gasteiger charge is -2.09. The minimum Gasteiger partial charge on any atom is -0.398 e. The number of aromatic nitrogens is 1. The zero-order chi connectivity index (χ0) is 14.7. The zero-order valence-corrected chi connectivity index (χ0v) is 12.2. The number of anilines is 2. The van der Waals surface area contributed by atoms with Crippen LogP contribution in [-0.4, -0.2) is 10.9 Å². The molecule has 0 saturated heterocycles. The molecule has 5 nitrogen and oxygen atoms in total. The van der Waals surface area contributed by atoms with Crippen molar-refractivity contribution in [3.05, 3.63) is 51.8 Å². The van der Waals surface area contributed by atoms with E-state index in [4.69, 9.17) is 11.0 Å². The molecule has 1 heterocycles. The normalized spacial score (nSPS) is 9.85. The average molecular weight is 331 g/mol. The van der Waals surface area contributed by atoms with Crippen LogP contribution >= 0.6 is 15.9 Å². The van der Waals surface area contributed by atoms with Crippen LogP contribution in [0.5, 0.6) is 0 Å². The van der Waals surface area contributed by atoms with Crippen molar-refractivity contribution >= 4 is 33.2 Å². The fraction of sp³-hybridized carbons (Fsp3) is 0.0714. The fourth-order valence-electron chi connectivity index (χ4n) is 1.65. The van der Waals surface area contributed by atoms with Crippen LogP contribution in [0.1, 0.15) is 21.6 Å². The number of nitrogen functional groups attached to an aromatic ring is 1. The Hall–Kier alpha value is -2.39. The highest BCUT2D eigenvalue weighted by atomic mass is 79.9. The van der Waals surface area contributed by atoms with Gasteiger partial charge in [0, 0.05) is 22.1 Å². The third-order valence-corrected chi connectivity index (χ3v) is 3.32. The molecule has 1 aromatic carbocycles. The molecule has 0 radical (unpaired) electrons. The number of amides is 1. The number of nitrogens with zero attached hydrogens (tertiary/aromatic N) is 2. The van der Waals surface area contributed by atoms with Crippen LogP contribution in [0.3, 0.4) is 0 Å². The molecule has 2 aromatic rings. The minimum atomic E-state index is -0.347. The molecule has 0 unspecified atom stereocenters. The Labute approximate surface area is 124 Å². The molecule has 0 spiro atoms. The van der Waals surface area contributed by atoms with Gasteiger partial charge in [-0.3, -0.25) is 9.78 Å². The van der Waals surface area contributed by atoms with Gasteiger partial charge in [-0.05, 0) is 47.1 Å². The summed E-state index contributed by atoms with van der Waals surface area (Å²) in [6.45, 7) is 1.80. The average Bonchev–Trinajstić information content (AvgIpc) is 2.40. The number of carbonyl (C=O) groups excluding carboxylic acids is 1. The van der Waals surface area contributed by atoms with E-state index in [2.05, 4.69) is 26.2 Å². The van der Waals surface area contributed by atoms with Gasteiger partial charge in [0.2, 0.25) is 0 Å². The summed E-state index contributed by atoms with van der Waals surface area (Å²) >= 11 is 3.31. The quantitative estimate of drug-likeness (QED) is 0.885. The molecule has 2 rings (SSSR count). The third-order valence-electron chi connectivity index (χ3n) is 2.66. The van der Waals surface area contributed by atoms with E-state index in [9.17, 15) is 4.79 Å². The number of nitrogens with one attached hydrogen (secondary N) is 1. The SMILES string of the molecule is Cc1cc(N)c(C(=O)Nc2ccc(C#N)cc2Br)cn1. The summed E-state index contributed by atoms with van der Waals surface area (Å²) in [5.74, 6) is -0.347. The summed E-state index contributed by atoms with van der Waals surface area (Å²) in [7, 11) is 0. The lowest BCUT2D eigenvalue weighted by Crippen LogP contribution is -2.15. The zero-order valence-electron chi connectivity index (χ0n) is 10.6. The summed E-state index contributed by atoms with van der Waals surface area (Å²) in [6.07, 6.45) is 1.44. The van der Waals surface area contributed by atoms with E-state index in [1.54, 1.807) is 31.2 Å². The Kier molecular flexibility index (Phi) is 4.01. The topological polar surface area (TPSA) is 91.8 Å². The molecular weight excluding hydrogens is 320 g/mol. The lowest BCUT2D eigenvalue weighted by molar-refractivity contribution is 0.102. The molecule has 1 amide bonds.